The van der Waals surface area contributed by atoms with Gasteiger partial charge in [-0.1, -0.05) is 41.9 Å². The van der Waals surface area contributed by atoms with Crippen LogP contribution in [-0.4, -0.2) is 31.8 Å². The van der Waals surface area contributed by atoms with Crippen molar-refractivity contribution in [2.45, 2.75) is 17.9 Å². The van der Waals surface area contributed by atoms with E-state index in [0.29, 0.717) is 15.1 Å². The second kappa shape index (κ2) is 8.14. The van der Waals surface area contributed by atoms with Crippen LogP contribution in [0.15, 0.2) is 69.5 Å². The number of halogens is 2. The van der Waals surface area contributed by atoms with Gasteiger partial charge in [0, 0.05) is 16.0 Å². The summed E-state index contributed by atoms with van der Waals surface area (Å²) >= 11 is 9.41. The molecule has 3 rings (SSSR count). The van der Waals surface area contributed by atoms with Crippen LogP contribution in [-0.2, 0) is 19.6 Å². The Hall–Kier alpha value is -1.67. The number of nitrogens with zero attached hydrogens (tertiary/aromatic N) is 1. The minimum atomic E-state index is -3.88. The molecule has 8 heteroatoms. The zero-order valence-electron chi connectivity index (χ0n) is 14.4. The average molecular weight is 471 g/mol. The number of benzene rings is 2. The Bertz CT molecular complexity index is 1010. The molecule has 0 aliphatic carbocycles. The predicted octanol–water partition coefficient (Wildman–Crippen LogP) is 4.34. The van der Waals surface area contributed by atoms with E-state index in [1.165, 1.54) is 10.4 Å². The summed E-state index contributed by atoms with van der Waals surface area (Å²) in [6, 6.07) is 12.6. The normalized spacial score (nSPS) is 17.6. The molecule has 0 fully saturated rings. The van der Waals surface area contributed by atoms with Crippen LogP contribution in [0.3, 0.4) is 0 Å². The van der Waals surface area contributed by atoms with Crippen LogP contribution in [0.1, 0.15) is 18.5 Å². The molecule has 2 aromatic carbocycles. The first-order valence-corrected chi connectivity index (χ1v) is 10.9. The first-order chi connectivity index (χ1) is 12.9. The minimum Gasteiger partial charge on any atom is -0.463 e. The molecule has 0 N–H and O–H groups in total. The lowest BCUT2D eigenvalue weighted by Gasteiger charge is -2.27. The molecule has 2 aromatic rings. The summed E-state index contributed by atoms with van der Waals surface area (Å²) in [5.74, 6) is -0.535. The molecule has 27 heavy (non-hydrogen) atoms. The molecule has 0 saturated heterocycles. The number of rotatable bonds is 5. The lowest BCUT2D eigenvalue weighted by Crippen LogP contribution is -2.33. The van der Waals surface area contributed by atoms with Crippen molar-refractivity contribution in [3.8, 4) is 0 Å². The van der Waals surface area contributed by atoms with Gasteiger partial charge < -0.3 is 4.74 Å². The van der Waals surface area contributed by atoms with E-state index in [0.717, 1.165) is 0 Å². The smallest absolute Gasteiger partial charge is 0.335 e. The predicted molar refractivity (Wildman–Crippen MR) is 107 cm³/mol. The van der Waals surface area contributed by atoms with Gasteiger partial charge >= 0.3 is 5.97 Å². The van der Waals surface area contributed by atoms with Crippen LogP contribution in [0.25, 0.3) is 0 Å². The quantitative estimate of drug-likeness (QED) is 0.610. The van der Waals surface area contributed by atoms with Crippen LogP contribution in [0, 0.1) is 0 Å². The second-order valence-electron chi connectivity index (χ2n) is 5.84. The van der Waals surface area contributed by atoms with Crippen LogP contribution in [0.4, 0.5) is 0 Å². The Labute approximate surface area is 171 Å². The number of sulfonamides is 1. The van der Waals surface area contributed by atoms with Gasteiger partial charge in [0.2, 0.25) is 10.0 Å². The average Bonchev–Trinajstić information content (AvgIpc) is 3.08. The molecule has 0 bridgehead atoms. The van der Waals surface area contributed by atoms with Gasteiger partial charge in [-0.3, -0.25) is 0 Å². The largest absolute Gasteiger partial charge is 0.463 e. The van der Waals surface area contributed by atoms with E-state index >= 15 is 0 Å². The Morgan fingerprint density at radius 3 is 2.67 bits per heavy atom. The summed E-state index contributed by atoms with van der Waals surface area (Å²) in [5.41, 5.74) is 0.893. The molecular weight excluding hydrogens is 454 g/mol. The Balaban J connectivity index is 2.10. The highest BCUT2D eigenvalue weighted by molar-refractivity contribution is 9.10. The fourth-order valence-electron chi connectivity index (χ4n) is 3.01. The summed E-state index contributed by atoms with van der Waals surface area (Å²) in [6.45, 7) is 1.97. The number of hydrogen-bond acceptors (Lipinski definition) is 4. The van der Waals surface area contributed by atoms with E-state index in [2.05, 4.69) is 15.9 Å². The molecule has 0 aromatic heterocycles. The van der Waals surface area contributed by atoms with Gasteiger partial charge in [-0.2, -0.15) is 4.31 Å². The molecule has 1 aliphatic heterocycles. The van der Waals surface area contributed by atoms with Crippen LogP contribution >= 0.6 is 27.5 Å². The highest BCUT2D eigenvalue weighted by atomic mass is 79.9. The minimum absolute atomic E-state index is 0.0645. The Kier molecular flexibility index (Phi) is 6.05. The number of esters is 1. The van der Waals surface area contributed by atoms with E-state index < -0.39 is 22.0 Å². The third-order valence-electron chi connectivity index (χ3n) is 4.17. The monoisotopic (exact) mass is 469 g/mol. The van der Waals surface area contributed by atoms with Crippen molar-refractivity contribution in [1.29, 1.82) is 0 Å². The van der Waals surface area contributed by atoms with Crippen molar-refractivity contribution in [1.82, 2.24) is 4.31 Å². The van der Waals surface area contributed by atoms with E-state index in [9.17, 15) is 13.2 Å². The van der Waals surface area contributed by atoms with Gasteiger partial charge in [0.25, 0.3) is 0 Å². The zero-order valence-corrected chi connectivity index (χ0v) is 17.6. The van der Waals surface area contributed by atoms with E-state index in [4.69, 9.17) is 16.3 Å². The van der Waals surface area contributed by atoms with Crippen LogP contribution in [0.5, 0.6) is 0 Å². The van der Waals surface area contributed by atoms with Gasteiger partial charge in [-0.15, -0.1) is 0 Å². The molecular formula is C19H17BrClNO4S. The summed E-state index contributed by atoms with van der Waals surface area (Å²) in [6.07, 6.45) is 1.60. The maximum absolute atomic E-state index is 13.3. The highest BCUT2D eigenvalue weighted by Crippen LogP contribution is 2.40. The highest BCUT2D eigenvalue weighted by Gasteiger charge is 2.41. The first-order valence-electron chi connectivity index (χ1n) is 8.25. The summed E-state index contributed by atoms with van der Waals surface area (Å²) < 4.78 is 33.5. The molecule has 1 unspecified atom stereocenters. The molecule has 5 nitrogen and oxygen atoms in total. The maximum atomic E-state index is 13.3. The van der Waals surface area contributed by atoms with Crippen molar-refractivity contribution in [3.63, 3.8) is 0 Å². The standard InChI is InChI=1S/C19H17BrClNO4S/c1-2-26-19(23)15-10-11-22(18(15)13-6-5-7-14(21)12-13)27(24,25)17-9-4-3-8-16(17)20/h3-10,12,18H,2,11H2,1H3. The number of ether oxygens (including phenoxy) is 1. The molecule has 1 atom stereocenters. The van der Waals surface area contributed by atoms with Crippen molar-refractivity contribution in [2.75, 3.05) is 13.2 Å². The van der Waals surface area contributed by atoms with Crippen molar-refractivity contribution in [3.05, 3.63) is 75.2 Å². The topological polar surface area (TPSA) is 63.7 Å². The SMILES string of the molecule is CCOC(=O)C1=CCN(S(=O)(=O)c2ccccc2Br)C1c1cccc(Cl)c1. The number of carbonyl (C=O) groups excluding carboxylic acids is 1. The summed E-state index contributed by atoms with van der Waals surface area (Å²) in [7, 11) is -3.88. The molecule has 0 saturated carbocycles. The molecule has 0 radical (unpaired) electrons. The first kappa shape index (κ1) is 20.1. The zero-order chi connectivity index (χ0) is 19.6. The summed E-state index contributed by atoms with van der Waals surface area (Å²) in [4.78, 5) is 12.6. The molecule has 0 spiro atoms. The van der Waals surface area contributed by atoms with Crippen LogP contribution in [0.2, 0.25) is 5.02 Å². The lowest BCUT2D eigenvalue weighted by atomic mass is 10.0. The van der Waals surface area contributed by atoms with Gasteiger partial charge in [0.15, 0.2) is 0 Å². The van der Waals surface area contributed by atoms with Crippen molar-refractivity contribution in [2.24, 2.45) is 0 Å². The Morgan fingerprint density at radius 1 is 1.26 bits per heavy atom. The van der Waals surface area contributed by atoms with Crippen molar-refractivity contribution < 1.29 is 17.9 Å². The van der Waals surface area contributed by atoms with E-state index in [1.54, 1.807) is 55.5 Å². The van der Waals surface area contributed by atoms with Gasteiger partial charge in [0.1, 0.15) is 0 Å². The lowest BCUT2D eigenvalue weighted by molar-refractivity contribution is -0.138. The maximum Gasteiger partial charge on any atom is 0.335 e. The van der Waals surface area contributed by atoms with Crippen molar-refractivity contribution >= 4 is 43.5 Å². The summed E-state index contributed by atoms with van der Waals surface area (Å²) in [5, 5.41) is 0.459. The molecule has 1 heterocycles. The fourth-order valence-corrected chi connectivity index (χ4v) is 5.71. The van der Waals surface area contributed by atoms with Crippen LogP contribution < -0.4 is 0 Å². The number of hydrogen-bond donors (Lipinski definition) is 0. The third-order valence-corrected chi connectivity index (χ3v) is 7.25. The van der Waals surface area contributed by atoms with E-state index in [1.807, 2.05) is 0 Å². The molecule has 1 aliphatic rings. The Morgan fingerprint density at radius 2 is 2.00 bits per heavy atom. The number of carbonyl (C=O) groups is 1. The second-order valence-corrected chi connectivity index (χ2v) is 8.99. The van der Waals surface area contributed by atoms with Gasteiger partial charge in [-0.25, -0.2) is 13.2 Å². The van der Waals surface area contributed by atoms with Gasteiger partial charge in [0.05, 0.1) is 23.1 Å². The fraction of sp³-hybridized carbons (Fsp3) is 0.211. The van der Waals surface area contributed by atoms with E-state index in [-0.39, 0.29) is 23.6 Å². The molecule has 142 valence electrons. The molecule has 0 amide bonds. The third kappa shape index (κ3) is 3.96. The van der Waals surface area contributed by atoms with Gasteiger partial charge in [-0.05, 0) is 52.7 Å².